The summed E-state index contributed by atoms with van der Waals surface area (Å²) in [5.41, 5.74) is 2.97. The lowest BCUT2D eigenvalue weighted by atomic mass is 10.1. The normalized spacial score (nSPS) is 14.6. The van der Waals surface area contributed by atoms with Crippen LogP contribution in [0.15, 0.2) is 53.9 Å². The molecule has 1 saturated heterocycles. The van der Waals surface area contributed by atoms with E-state index in [9.17, 15) is 14.9 Å². The number of amides is 1. The number of thiazole rings is 1. The van der Waals surface area contributed by atoms with Crippen LogP contribution >= 0.6 is 11.3 Å². The molecule has 3 aromatic rings. The van der Waals surface area contributed by atoms with Crippen LogP contribution in [0, 0.1) is 17.0 Å². The first-order chi connectivity index (χ1) is 14.5. The van der Waals surface area contributed by atoms with Gasteiger partial charge < -0.3 is 4.90 Å². The molecule has 1 aliphatic heterocycles. The molecule has 1 fully saturated rings. The van der Waals surface area contributed by atoms with Crippen molar-refractivity contribution in [2.75, 3.05) is 26.2 Å². The highest BCUT2D eigenvalue weighted by Crippen LogP contribution is 2.25. The molecule has 7 nitrogen and oxygen atoms in total. The summed E-state index contributed by atoms with van der Waals surface area (Å²) in [5.74, 6) is -0.143. The standard InChI is InChI=1S/C22H22N4O3S/c1-16-19(8-5-9-20(16)26(28)29)22(27)25-12-10-24(11-13-25)14-18-15-30-21(23-18)17-6-3-2-4-7-17/h2-9,15H,10-14H2,1H3. The number of carbonyl (C=O) groups is 1. The number of aromatic nitrogens is 1. The molecule has 0 N–H and O–H groups in total. The Morgan fingerprint density at radius 1 is 1.10 bits per heavy atom. The number of nitro benzene ring substituents is 1. The van der Waals surface area contributed by atoms with E-state index in [0.717, 1.165) is 35.9 Å². The molecule has 0 radical (unpaired) electrons. The molecule has 0 spiro atoms. The van der Waals surface area contributed by atoms with Gasteiger partial charge in [-0.15, -0.1) is 11.3 Å². The average Bonchev–Trinajstić information content (AvgIpc) is 3.23. The molecule has 0 aliphatic carbocycles. The van der Waals surface area contributed by atoms with Gasteiger partial charge >= 0.3 is 0 Å². The van der Waals surface area contributed by atoms with Gasteiger partial charge in [0.1, 0.15) is 5.01 Å². The predicted octanol–water partition coefficient (Wildman–Crippen LogP) is 3.98. The van der Waals surface area contributed by atoms with Gasteiger partial charge in [0.25, 0.3) is 11.6 Å². The van der Waals surface area contributed by atoms with Gasteiger partial charge in [-0.3, -0.25) is 19.8 Å². The van der Waals surface area contributed by atoms with Gasteiger partial charge in [-0.2, -0.15) is 0 Å². The summed E-state index contributed by atoms with van der Waals surface area (Å²) < 4.78 is 0. The fourth-order valence-corrected chi connectivity index (χ4v) is 4.47. The van der Waals surface area contributed by atoms with E-state index in [1.807, 2.05) is 18.2 Å². The second-order valence-electron chi connectivity index (χ2n) is 7.29. The Bertz CT molecular complexity index is 1060. The van der Waals surface area contributed by atoms with E-state index in [2.05, 4.69) is 22.4 Å². The molecule has 1 amide bonds. The molecular weight excluding hydrogens is 400 g/mol. The van der Waals surface area contributed by atoms with Crippen molar-refractivity contribution < 1.29 is 9.72 Å². The predicted molar refractivity (Wildman–Crippen MR) is 117 cm³/mol. The second-order valence-corrected chi connectivity index (χ2v) is 8.14. The molecule has 0 bridgehead atoms. The van der Waals surface area contributed by atoms with Crippen LogP contribution in [0.5, 0.6) is 0 Å². The van der Waals surface area contributed by atoms with Gasteiger partial charge in [0.15, 0.2) is 0 Å². The van der Waals surface area contributed by atoms with Gasteiger partial charge in [0, 0.05) is 60.9 Å². The van der Waals surface area contributed by atoms with Gasteiger partial charge in [-0.05, 0) is 13.0 Å². The molecule has 2 aromatic carbocycles. The molecule has 30 heavy (non-hydrogen) atoms. The Balaban J connectivity index is 1.37. The van der Waals surface area contributed by atoms with Crippen molar-refractivity contribution in [3.63, 3.8) is 0 Å². The number of carbonyl (C=O) groups excluding carboxylic acids is 1. The Morgan fingerprint density at radius 2 is 1.83 bits per heavy atom. The van der Waals surface area contributed by atoms with Crippen LogP contribution in [0.25, 0.3) is 10.6 Å². The quantitative estimate of drug-likeness (QED) is 0.459. The summed E-state index contributed by atoms with van der Waals surface area (Å²) in [4.78, 5) is 32.4. The first-order valence-corrected chi connectivity index (χ1v) is 10.7. The lowest BCUT2D eigenvalue weighted by molar-refractivity contribution is -0.385. The topological polar surface area (TPSA) is 79.6 Å². The van der Waals surface area contributed by atoms with Crippen molar-refractivity contribution in [2.45, 2.75) is 13.5 Å². The van der Waals surface area contributed by atoms with Crippen LogP contribution in [0.2, 0.25) is 0 Å². The third kappa shape index (κ3) is 4.24. The van der Waals surface area contributed by atoms with E-state index in [1.54, 1.807) is 35.3 Å². The van der Waals surface area contributed by atoms with E-state index >= 15 is 0 Å². The molecule has 0 unspecified atom stereocenters. The van der Waals surface area contributed by atoms with E-state index in [4.69, 9.17) is 4.98 Å². The Hall–Kier alpha value is -3.10. The van der Waals surface area contributed by atoms with Crippen molar-refractivity contribution in [2.24, 2.45) is 0 Å². The largest absolute Gasteiger partial charge is 0.336 e. The van der Waals surface area contributed by atoms with Gasteiger partial charge in [0.2, 0.25) is 0 Å². The highest BCUT2D eigenvalue weighted by Gasteiger charge is 2.26. The third-order valence-corrected chi connectivity index (χ3v) is 6.29. The fraction of sp³-hybridized carbons (Fsp3) is 0.273. The molecule has 1 aliphatic rings. The van der Waals surface area contributed by atoms with Crippen LogP contribution in [0.1, 0.15) is 21.6 Å². The molecule has 0 atom stereocenters. The molecule has 0 saturated carbocycles. The lowest BCUT2D eigenvalue weighted by Gasteiger charge is -2.34. The highest BCUT2D eigenvalue weighted by atomic mass is 32.1. The number of benzene rings is 2. The highest BCUT2D eigenvalue weighted by molar-refractivity contribution is 7.13. The molecule has 4 rings (SSSR count). The number of rotatable bonds is 5. The monoisotopic (exact) mass is 422 g/mol. The van der Waals surface area contributed by atoms with E-state index < -0.39 is 4.92 Å². The first kappa shape index (κ1) is 20.2. The minimum Gasteiger partial charge on any atom is -0.336 e. The SMILES string of the molecule is Cc1c(C(=O)N2CCN(Cc3csc(-c4ccccc4)n3)CC2)cccc1[N+](=O)[O-]. The maximum atomic E-state index is 12.9. The molecule has 1 aromatic heterocycles. The van der Waals surface area contributed by atoms with Gasteiger partial charge in [-0.25, -0.2) is 4.98 Å². The zero-order chi connectivity index (χ0) is 21.1. The van der Waals surface area contributed by atoms with E-state index in [-0.39, 0.29) is 11.6 Å². The number of hydrogen-bond donors (Lipinski definition) is 0. The van der Waals surface area contributed by atoms with Crippen LogP contribution in [-0.2, 0) is 6.54 Å². The van der Waals surface area contributed by atoms with Gasteiger partial charge in [0.05, 0.1) is 10.6 Å². The Morgan fingerprint density at radius 3 is 2.53 bits per heavy atom. The zero-order valence-electron chi connectivity index (χ0n) is 16.7. The molecule has 154 valence electrons. The average molecular weight is 423 g/mol. The Labute approximate surface area is 178 Å². The van der Waals surface area contributed by atoms with E-state index in [0.29, 0.717) is 24.2 Å². The maximum absolute atomic E-state index is 12.9. The number of nitrogens with zero attached hydrogens (tertiary/aromatic N) is 4. The summed E-state index contributed by atoms with van der Waals surface area (Å²) in [6, 6.07) is 14.8. The van der Waals surface area contributed by atoms with Crippen LogP contribution < -0.4 is 0 Å². The van der Waals surface area contributed by atoms with Crippen LogP contribution in [-0.4, -0.2) is 51.8 Å². The van der Waals surface area contributed by atoms with Crippen molar-refractivity contribution in [1.29, 1.82) is 0 Å². The molecular formula is C22H22N4O3S. The van der Waals surface area contributed by atoms with Crippen LogP contribution in [0.4, 0.5) is 5.69 Å². The van der Waals surface area contributed by atoms with Crippen molar-refractivity contribution >= 4 is 22.9 Å². The minimum absolute atomic E-state index is 0.0164. The van der Waals surface area contributed by atoms with Crippen LogP contribution in [0.3, 0.4) is 0 Å². The summed E-state index contributed by atoms with van der Waals surface area (Å²) >= 11 is 1.64. The minimum atomic E-state index is -0.443. The third-order valence-electron chi connectivity index (χ3n) is 5.35. The van der Waals surface area contributed by atoms with Gasteiger partial charge in [-0.1, -0.05) is 36.4 Å². The summed E-state index contributed by atoms with van der Waals surface area (Å²) in [5, 5.41) is 14.3. The van der Waals surface area contributed by atoms with Crippen molar-refractivity contribution in [3.8, 4) is 10.6 Å². The summed E-state index contributed by atoms with van der Waals surface area (Å²) in [7, 11) is 0. The molecule has 8 heteroatoms. The van der Waals surface area contributed by atoms with E-state index in [1.165, 1.54) is 6.07 Å². The lowest BCUT2D eigenvalue weighted by Crippen LogP contribution is -2.48. The number of nitro groups is 1. The maximum Gasteiger partial charge on any atom is 0.273 e. The zero-order valence-corrected chi connectivity index (χ0v) is 17.5. The second kappa shape index (κ2) is 8.73. The molecule has 2 heterocycles. The first-order valence-electron chi connectivity index (χ1n) is 9.78. The Kier molecular flexibility index (Phi) is 5.87. The summed E-state index contributed by atoms with van der Waals surface area (Å²) in [6.07, 6.45) is 0. The number of hydrogen-bond acceptors (Lipinski definition) is 6. The fourth-order valence-electron chi connectivity index (χ4n) is 3.65. The smallest absolute Gasteiger partial charge is 0.273 e. The van der Waals surface area contributed by atoms with Crippen molar-refractivity contribution in [3.05, 3.63) is 80.8 Å². The van der Waals surface area contributed by atoms with Crippen molar-refractivity contribution in [1.82, 2.24) is 14.8 Å². The number of piperazine rings is 1. The summed E-state index contributed by atoms with van der Waals surface area (Å²) in [6.45, 7) is 5.07.